The van der Waals surface area contributed by atoms with Gasteiger partial charge in [-0.05, 0) is 29.8 Å². The van der Waals surface area contributed by atoms with E-state index in [-0.39, 0.29) is 17.2 Å². The zero-order valence-electron chi connectivity index (χ0n) is 16.5. The van der Waals surface area contributed by atoms with Crippen molar-refractivity contribution in [2.75, 3.05) is 10.2 Å². The van der Waals surface area contributed by atoms with Gasteiger partial charge in [-0.3, -0.25) is 14.5 Å². The van der Waals surface area contributed by atoms with Crippen molar-refractivity contribution in [1.82, 2.24) is 9.97 Å². The van der Waals surface area contributed by atoms with Crippen LogP contribution in [0.3, 0.4) is 0 Å². The van der Waals surface area contributed by atoms with E-state index in [0.29, 0.717) is 6.07 Å². The second-order valence-electron chi connectivity index (χ2n) is 6.62. The standard InChI is InChI=1S/C21H15F5N4O2/c1-12(31)30(16-5-7-27-18(23)11-16)19-10-15(4-6-28-19)29-20(32)8-13-2-3-14(22)9-17(13)21(24,25)26/h2-7,9-11H,8H2,1H3,(H,28,29,32). The Morgan fingerprint density at radius 2 is 1.72 bits per heavy atom. The van der Waals surface area contributed by atoms with Gasteiger partial charge in [-0.2, -0.15) is 17.6 Å². The fraction of sp³-hybridized carbons (Fsp3) is 0.143. The summed E-state index contributed by atoms with van der Waals surface area (Å²) in [7, 11) is 0. The summed E-state index contributed by atoms with van der Waals surface area (Å²) in [5, 5.41) is 2.42. The van der Waals surface area contributed by atoms with E-state index in [4.69, 9.17) is 0 Å². The summed E-state index contributed by atoms with van der Waals surface area (Å²) in [6, 6.07) is 7.11. The van der Waals surface area contributed by atoms with E-state index < -0.39 is 47.3 Å². The first-order valence-corrected chi connectivity index (χ1v) is 9.08. The molecule has 0 aliphatic carbocycles. The Balaban J connectivity index is 1.83. The molecule has 2 heterocycles. The van der Waals surface area contributed by atoms with Gasteiger partial charge >= 0.3 is 6.18 Å². The van der Waals surface area contributed by atoms with E-state index in [1.807, 2.05) is 0 Å². The first-order chi connectivity index (χ1) is 15.0. The first-order valence-electron chi connectivity index (χ1n) is 9.08. The van der Waals surface area contributed by atoms with Gasteiger partial charge in [-0.25, -0.2) is 14.4 Å². The Hall–Kier alpha value is -3.89. The van der Waals surface area contributed by atoms with Gasteiger partial charge in [0.15, 0.2) is 0 Å². The second-order valence-corrected chi connectivity index (χ2v) is 6.62. The van der Waals surface area contributed by atoms with Crippen molar-refractivity contribution >= 4 is 29.0 Å². The van der Waals surface area contributed by atoms with Crippen molar-refractivity contribution in [1.29, 1.82) is 0 Å². The van der Waals surface area contributed by atoms with Gasteiger partial charge in [0, 0.05) is 37.1 Å². The van der Waals surface area contributed by atoms with Crippen LogP contribution in [0.4, 0.5) is 39.1 Å². The maximum Gasteiger partial charge on any atom is 0.416 e. The molecule has 0 atom stereocenters. The maximum atomic E-state index is 13.5. The molecule has 0 bridgehead atoms. The van der Waals surface area contributed by atoms with Crippen LogP contribution in [0.15, 0.2) is 54.9 Å². The van der Waals surface area contributed by atoms with E-state index >= 15 is 0 Å². The van der Waals surface area contributed by atoms with Crippen molar-refractivity contribution in [2.24, 2.45) is 0 Å². The fourth-order valence-corrected chi connectivity index (χ4v) is 2.97. The molecular weight excluding hydrogens is 435 g/mol. The molecular formula is C21H15F5N4O2. The molecule has 32 heavy (non-hydrogen) atoms. The Morgan fingerprint density at radius 3 is 2.38 bits per heavy atom. The van der Waals surface area contributed by atoms with Crippen LogP contribution in [0.5, 0.6) is 0 Å². The number of pyridine rings is 2. The second kappa shape index (κ2) is 9.08. The highest BCUT2D eigenvalue weighted by Crippen LogP contribution is 2.33. The average Bonchev–Trinajstić information content (AvgIpc) is 2.69. The molecule has 11 heteroatoms. The summed E-state index contributed by atoms with van der Waals surface area (Å²) in [6.07, 6.45) is -3.08. The lowest BCUT2D eigenvalue weighted by Gasteiger charge is -2.20. The van der Waals surface area contributed by atoms with Crippen molar-refractivity contribution in [3.8, 4) is 0 Å². The quantitative estimate of drug-likeness (QED) is 0.454. The largest absolute Gasteiger partial charge is 0.416 e. The molecule has 2 aromatic heterocycles. The molecule has 1 N–H and O–H groups in total. The summed E-state index contributed by atoms with van der Waals surface area (Å²) in [5.74, 6) is -3.16. The Bertz CT molecular complexity index is 1170. The molecule has 166 valence electrons. The number of amides is 2. The van der Waals surface area contributed by atoms with Crippen LogP contribution < -0.4 is 10.2 Å². The third-order valence-electron chi connectivity index (χ3n) is 4.27. The third kappa shape index (κ3) is 5.42. The first kappa shape index (κ1) is 22.8. The van der Waals surface area contributed by atoms with Gasteiger partial charge < -0.3 is 5.32 Å². The number of carbonyl (C=O) groups is 2. The van der Waals surface area contributed by atoms with Crippen molar-refractivity contribution < 1.29 is 31.5 Å². The number of aromatic nitrogens is 2. The van der Waals surface area contributed by atoms with E-state index in [1.54, 1.807) is 0 Å². The SMILES string of the molecule is CC(=O)N(c1ccnc(F)c1)c1cc(NC(=O)Cc2ccc(F)cc2C(F)(F)F)ccn1. The fourth-order valence-electron chi connectivity index (χ4n) is 2.97. The van der Waals surface area contributed by atoms with Crippen LogP contribution in [0.1, 0.15) is 18.1 Å². The molecule has 3 aromatic rings. The molecule has 0 radical (unpaired) electrons. The van der Waals surface area contributed by atoms with Crippen LogP contribution in [0.2, 0.25) is 0 Å². The number of rotatable bonds is 5. The lowest BCUT2D eigenvalue weighted by molar-refractivity contribution is -0.138. The van der Waals surface area contributed by atoms with Crippen LogP contribution in [-0.4, -0.2) is 21.8 Å². The molecule has 0 fully saturated rings. The highest BCUT2D eigenvalue weighted by Gasteiger charge is 2.34. The number of nitrogens with zero attached hydrogens (tertiary/aromatic N) is 3. The number of benzene rings is 1. The molecule has 3 rings (SSSR count). The summed E-state index contributed by atoms with van der Waals surface area (Å²) in [5.41, 5.74) is -1.37. The third-order valence-corrected chi connectivity index (χ3v) is 4.27. The van der Waals surface area contributed by atoms with Crippen LogP contribution in [0.25, 0.3) is 0 Å². The number of carbonyl (C=O) groups excluding carboxylic acids is 2. The summed E-state index contributed by atoms with van der Waals surface area (Å²) in [4.78, 5) is 33.0. The van der Waals surface area contributed by atoms with E-state index in [0.717, 1.165) is 29.3 Å². The molecule has 2 amide bonds. The number of hydrogen-bond acceptors (Lipinski definition) is 4. The highest BCUT2D eigenvalue weighted by atomic mass is 19.4. The summed E-state index contributed by atoms with van der Waals surface area (Å²) < 4.78 is 66.1. The van der Waals surface area contributed by atoms with Crippen molar-refractivity contribution in [3.05, 3.63) is 77.8 Å². The van der Waals surface area contributed by atoms with Gasteiger partial charge in [0.2, 0.25) is 17.8 Å². The molecule has 0 saturated heterocycles. The molecule has 0 spiro atoms. The minimum absolute atomic E-state index is 0.0404. The number of alkyl halides is 3. The predicted octanol–water partition coefficient (Wildman–Crippen LogP) is 4.64. The lowest BCUT2D eigenvalue weighted by atomic mass is 10.0. The van der Waals surface area contributed by atoms with Gasteiger partial charge in [-0.15, -0.1) is 0 Å². The number of nitrogens with one attached hydrogen (secondary N) is 1. The predicted molar refractivity (Wildman–Crippen MR) is 105 cm³/mol. The Kier molecular flexibility index (Phi) is 6.47. The summed E-state index contributed by atoms with van der Waals surface area (Å²) in [6.45, 7) is 1.22. The van der Waals surface area contributed by atoms with Crippen LogP contribution in [-0.2, 0) is 22.2 Å². The van der Waals surface area contributed by atoms with Crippen molar-refractivity contribution in [3.63, 3.8) is 0 Å². The van der Waals surface area contributed by atoms with Gasteiger partial charge in [0.1, 0.15) is 11.6 Å². The van der Waals surface area contributed by atoms with E-state index in [1.165, 1.54) is 31.3 Å². The van der Waals surface area contributed by atoms with E-state index in [2.05, 4.69) is 15.3 Å². The summed E-state index contributed by atoms with van der Waals surface area (Å²) >= 11 is 0. The molecule has 1 aromatic carbocycles. The molecule has 6 nitrogen and oxygen atoms in total. The highest BCUT2D eigenvalue weighted by molar-refractivity contribution is 5.99. The zero-order chi connectivity index (χ0) is 23.5. The van der Waals surface area contributed by atoms with Gasteiger partial charge in [0.05, 0.1) is 17.7 Å². The van der Waals surface area contributed by atoms with Gasteiger partial charge in [-0.1, -0.05) is 6.07 Å². The Labute approximate surface area is 178 Å². The average molecular weight is 450 g/mol. The van der Waals surface area contributed by atoms with E-state index in [9.17, 15) is 31.5 Å². The van der Waals surface area contributed by atoms with Crippen LogP contribution in [0, 0.1) is 11.8 Å². The Morgan fingerprint density at radius 1 is 1.00 bits per heavy atom. The number of halogens is 5. The molecule has 0 saturated carbocycles. The molecule has 0 aliphatic heterocycles. The number of hydrogen-bond donors (Lipinski definition) is 1. The smallest absolute Gasteiger partial charge is 0.326 e. The maximum absolute atomic E-state index is 13.5. The minimum atomic E-state index is -4.83. The van der Waals surface area contributed by atoms with Gasteiger partial charge in [0.25, 0.3) is 0 Å². The van der Waals surface area contributed by atoms with Crippen molar-refractivity contribution in [2.45, 2.75) is 19.5 Å². The number of anilines is 3. The molecule has 0 unspecified atom stereocenters. The zero-order valence-corrected chi connectivity index (χ0v) is 16.5. The normalized spacial score (nSPS) is 11.2. The minimum Gasteiger partial charge on any atom is -0.326 e. The van der Waals surface area contributed by atoms with Crippen LogP contribution >= 0.6 is 0 Å². The lowest BCUT2D eigenvalue weighted by Crippen LogP contribution is -2.24. The molecule has 0 aliphatic rings. The topological polar surface area (TPSA) is 75.2 Å². The monoisotopic (exact) mass is 450 g/mol.